The Morgan fingerprint density at radius 2 is 1.64 bits per heavy atom. The molecule has 6 heterocycles. The maximum absolute atomic E-state index is 14.1. The number of imide groups is 1. The third-order valence-corrected chi connectivity index (χ3v) is 20.3. The minimum atomic E-state index is -2.02. The number of nitrogens with one attached hydrogen (secondary N) is 2. The fourth-order valence-corrected chi connectivity index (χ4v) is 16.3. The fourth-order valence-electron chi connectivity index (χ4n) is 15.4. The molecule has 3 aliphatic heterocycles. The average molecular weight is 1380 g/mol. The van der Waals surface area contributed by atoms with Crippen LogP contribution in [0.3, 0.4) is 0 Å². The number of carboxylic acid groups (broad SMARTS) is 3. The quantitative estimate of drug-likeness (QED) is 0.0217. The van der Waals surface area contributed by atoms with E-state index in [1.807, 2.05) is 59.0 Å². The van der Waals surface area contributed by atoms with E-state index in [0.717, 1.165) is 76.2 Å². The van der Waals surface area contributed by atoms with Gasteiger partial charge in [-0.15, -0.1) is 0 Å². The van der Waals surface area contributed by atoms with Gasteiger partial charge in [-0.2, -0.15) is 5.10 Å². The normalized spacial score (nSPS) is 24.4. The summed E-state index contributed by atoms with van der Waals surface area (Å²) in [7, 11) is 0. The molecule has 4 aliphatic carbocycles. The van der Waals surface area contributed by atoms with Crippen molar-refractivity contribution >= 4 is 80.1 Å². The highest BCUT2D eigenvalue weighted by atomic mass is 32.1. The Labute approximate surface area is 571 Å². The maximum atomic E-state index is 14.1. The van der Waals surface area contributed by atoms with Gasteiger partial charge in [0.15, 0.2) is 16.9 Å². The number of carbonyl (C=O) groups is 8. The van der Waals surface area contributed by atoms with E-state index < -0.39 is 91.1 Å². The van der Waals surface area contributed by atoms with Gasteiger partial charge in [-0.05, 0) is 122 Å². The second-order valence-electron chi connectivity index (χ2n) is 26.6. The second-order valence-corrected chi connectivity index (χ2v) is 27.6. The number of benzene rings is 3. The van der Waals surface area contributed by atoms with Crippen LogP contribution in [-0.4, -0.2) is 203 Å². The van der Waals surface area contributed by atoms with E-state index in [1.54, 1.807) is 18.3 Å². The third kappa shape index (κ3) is 15.6. The van der Waals surface area contributed by atoms with Crippen LogP contribution in [0.15, 0.2) is 91.1 Å². The number of aliphatic carboxylic acids is 2. The number of hydrogen-bond acceptors (Lipinski definition) is 22. The number of pyridine rings is 1. The lowest BCUT2D eigenvalue weighted by molar-refractivity contribution is -0.271. The Balaban J connectivity index is 0.680. The summed E-state index contributed by atoms with van der Waals surface area (Å²) in [6, 6.07) is 21.2. The highest BCUT2D eigenvalue weighted by Crippen LogP contribution is 2.68. The number of aliphatic hydroxyl groups is 3. The number of fused-ring (bicyclic) bond motifs is 2. The number of carboxylic acids is 3. The van der Waals surface area contributed by atoms with Crippen LogP contribution in [0.2, 0.25) is 0 Å². The summed E-state index contributed by atoms with van der Waals surface area (Å²) in [5.41, 5.74) is 4.01. The lowest BCUT2D eigenvalue weighted by Gasteiger charge is -2.65. The molecule has 3 aromatic carbocycles. The van der Waals surface area contributed by atoms with Crippen LogP contribution < -0.4 is 25.0 Å². The van der Waals surface area contributed by atoms with E-state index in [1.165, 1.54) is 34.4 Å². The van der Waals surface area contributed by atoms with E-state index in [4.69, 9.17) is 38.5 Å². The first kappa shape index (κ1) is 69.5. The molecule has 4 saturated carbocycles. The zero-order chi connectivity index (χ0) is 69.9. The maximum Gasteiger partial charge on any atom is 0.410 e. The van der Waals surface area contributed by atoms with Gasteiger partial charge in [0.25, 0.3) is 17.7 Å². The predicted molar refractivity (Wildman–Crippen MR) is 352 cm³/mol. The van der Waals surface area contributed by atoms with Gasteiger partial charge >= 0.3 is 24.0 Å². The molecule has 0 radical (unpaired) electrons. The topological polar surface area (TPSA) is 391 Å². The molecule has 1 saturated heterocycles. The molecule has 3 aromatic heterocycles. The van der Waals surface area contributed by atoms with Gasteiger partial charge in [-0.3, -0.25) is 38.9 Å². The molecule has 4 unspecified atom stereocenters. The standard InChI is InChI=1S/C69H77N9O20S/c1-39-46(44-12-13-51(73-56(44)62(88)89)76-20-16-41-6-5-7-45(47(41)33-76)61(87)74-65-72-48-8-3-4-9-50(48)99-65)32-71-78(39)38-68-30-40-29-67(2,35-68)36-69(31-40,37-68)96-25-23-75(21-18-55(82)83)66(92)95-34-42-10-11-43(28-49(42)97-64-59(86)57(84)58(85)60(98-64)63(90)91)94-27-26-93-24-19-70-52(79)17-22-77-53(80)14-15-54(77)81/h3-15,28,32,40,57-60,64,84-86H,16-27,29-31,33-38H2,1-2H3,(H,70,79)(H,82,83)(H,88,89)(H,90,91)(H,72,74,87)/t40?,57-,58-,59+,60-,64+,67?,68?,69?/m0/s1. The number of rotatable bonds is 29. The van der Waals surface area contributed by atoms with Crippen molar-refractivity contribution in [3.8, 4) is 22.6 Å². The van der Waals surface area contributed by atoms with Gasteiger partial charge in [-0.1, -0.05) is 42.5 Å². The van der Waals surface area contributed by atoms with E-state index in [2.05, 4.69) is 22.5 Å². The van der Waals surface area contributed by atoms with Crippen LogP contribution in [0.25, 0.3) is 21.3 Å². The smallest absolute Gasteiger partial charge is 0.410 e. The van der Waals surface area contributed by atoms with E-state index in [9.17, 15) is 69.0 Å². The van der Waals surface area contributed by atoms with Gasteiger partial charge in [-0.25, -0.2) is 24.4 Å². The van der Waals surface area contributed by atoms with Gasteiger partial charge in [0.2, 0.25) is 12.2 Å². The fraction of sp³-hybridized carbons (Fsp3) is 0.464. The number of para-hydroxylation sites is 1. The summed E-state index contributed by atoms with van der Waals surface area (Å²) >= 11 is 1.39. The van der Waals surface area contributed by atoms with Crippen molar-refractivity contribution in [2.45, 2.75) is 128 Å². The van der Waals surface area contributed by atoms with Crippen molar-refractivity contribution in [1.29, 1.82) is 0 Å². The largest absolute Gasteiger partial charge is 0.491 e. The molecule has 29 nitrogen and oxygen atoms in total. The second kappa shape index (κ2) is 29.2. The average Bonchev–Trinajstić information content (AvgIpc) is 0.742. The lowest BCUT2D eigenvalue weighted by atomic mass is 9.43. The van der Waals surface area contributed by atoms with Crippen LogP contribution in [-0.2, 0) is 69.0 Å². The molecular weight excluding hydrogens is 1310 g/mol. The number of amides is 5. The number of hydrogen-bond donors (Lipinski definition) is 8. The molecule has 30 heteroatoms. The first-order valence-corrected chi connectivity index (χ1v) is 33.6. The van der Waals surface area contributed by atoms with Gasteiger partial charge in [0.05, 0.1) is 48.3 Å². The Kier molecular flexibility index (Phi) is 20.5. The van der Waals surface area contributed by atoms with Crippen molar-refractivity contribution in [2.24, 2.45) is 16.7 Å². The number of thiazole rings is 1. The van der Waals surface area contributed by atoms with Crippen molar-refractivity contribution < 1.29 is 97.4 Å². The van der Waals surface area contributed by atoms with Gasteiger partial charge < -0.3 is 74.2 Å². The highest BCUT2D eigenvalue weighted by molar-refractivity contribution is 7.22. The number of ether oxygens (including phenoxy) is 6. The third-order valence-electron chi connectivity index (χ3n) is 19.3. The zero-order valence-electron chi connectivity index (χ0n) is 54.4. The Bertz CT molecular complexity index is 4090. The van der Waals surface area contributed by atoms with Gasteiger partial charge in [0.1, 0.15) is 48.8 Å². The molecule has 4 bridgehead atoms. The minimum absolute atomic E-state index is 0.0264. The number of carbonyl (C=O) groups excluding carboxylic acids is 5. The van der Waals surface area contributed by atoms with Gasteiger partial charge in [0, 0.05) is 98.4 Å². The molecule has 6 aromatic rings. The van der Waals surface area contributed by atoms with E-state index in [0.29, 0.717) is 66.0 Å². The molecule has 9 atom stereocenters. The zero-order valence-corrected chi connectivity index (χ0v) is 55.2. The Morgan fingerprint density at radius 1 is 0.828 bits per heavy atom. The predicted octanol–water partition coefficient (Wildman–Crippen LogP) is 5.33. The van der Waals surface area contributed by atoms with Crippen molar-refractivity contribution in [1.82, 2.24) is 34.9 Å². The number of aromatic nitrogens is 4. The Hall–Kier alpha value is -9.43. The summed E-state index contributed by atoms with van der Waals surface area (Å²) in [5.74, 6) is -4.92. The summed E-state index contributed by atoms with van der Waals surface area (Å²) in [6.07, 6.45) is -1.70. The molecule has 99 heavy (non-hydrogen) atoms. The number of aromatic carboxylic acids is 1. The highest BCUT2D eigenvalue weighted by Gasteiger charge is 2.63. The number of anilines is 2. The van der Waals surface area contributed by atoms with Crippen molar-refractivity contribution in [2.75, 3.05) is 69.4 Å². The molecule has 13 rings (SSSR count). The molecule has 524 valence electrons. The molecular formula is C69H77N9O20S. The van der Waals surface area contributed by atoms with Crippen LogP contribution >= 0.6 is 11.3 Å². The van der Waals surface area contributed by atoms with Crippen LogP contribution in [0, 0.1) is 23.7 Å². The molecule has 5 amide bonds. The summed E-state index contributed by atoms with van der Waals surface area (Å²) < 4.78 is 38.4. The summed E-state index contributed by atoms with van der Waals surface area (Å²) in [4.78, 5) is 114. The summed E-state index contributed by atoms with van der Waals surface area (Å²) in [5, 5.41) is 73.1. The van der Waals surface area contributed by atoms with Crippen molar-refractivity contribution in [3.05, 3.63) is 125 Å². The Morgan fingerprint density at radius 3 is 2.40 bits per heavy atom. The monoisotopic (exact) mass is 1380 g/mol. The van der Waals surface area contributed by atoms with Crippen LogP contribution in [0.5, 0.6) is 11.5 Å². The number of nitrogens with zero attached hydrogens (tertiary/aromatic N) is 7. The molecule has 5 fully saturated rings. The first-order valence-electron chi connectivity index (χ1n) is 32.7. The van der Waals surface area contributed by atoms with E-state index in [-0.39, 0.29) is 98.5 Å². The minimum Gasteiger partial charge on any atom is -0.491 e. The first-order chi connectivity index (χ1) is 47.4. The lowest BCUT2D eigenvalue weighted by Crippen LogP contribution is -2.61. The van der Waals surface area contributed by atoms with Crippen LogP contribution in [0.1, 0.15) is 102 Å². The SMILES string of the molecule is Cc1c(-c2ccc(N3CCc4cccc(C(=O)Nc5nc6ccccc6s5)c4C3)nc2C(=O)O)cnn1CC12CC3CC(C)(C1)CC(OCCN(CCC(=O)O)C(=O)OCc1ccc(OCCOCCNC(=O)CCN4C(=O)C=CC4=O)cc1O[C@@H]1O[C@H](C(=O)O)[C@@H](O)[C@H](O)[C@H]1O)(C3)C2. The van der Waals surface area contributed by atoms with Crippen molar-refractivity contribution in [3.63, 3.8) is 0 Å². The summed E-state index contributed by atoms with van der Waals surface area (Å²) in [6.45, 7) is 4.93. The number of aliphatic hydroxyl groups excluding tert-OH is 3. The molecule has 7 aliphatic rings. The molecule has 0 spiro atoms. The van der Waals surface area contributed by atoms with E-state index >= 15 is 0 Å². The van der Waals surface area contributed by atoms with Crippen LogP contribution in [0.4, 0.5) is 15.7 Å². The molecule has 8 N–H and O–H groups in total.